The van der Waals surface area contributed by atoms with Gasteiger partial charge in [0.05, 0.1) is 4.92 Å². The molecule has 19 heavy (non-hydrogen) atoms. The van der Waals surface area contributed by atoms with Crippen LogP contribution in [-0.2, 0) is 0 Å². The van der Waals surface area contributed by atoms with E-state index in [1.807, 2.05) is 6.92 Å². The van der Waals surface area contributed by atoms with Crippen LogP contribution in [0, 0.1) is 23.0 Å². The van der Waals surface area contributed by atoms with E-state index in [0.717, 1.165) is 24.3 Å². The van der Waals surface area contributed by atoms with Crippen LogP contribution in [0.15, 0.2) is 12.3 Å². The number of aromatic nitrogens is 1. The van der Waals surface area contributed by atoms with Gasteiger partial charge in [-0.15, -0.1) is 0 Å². The van der Waals surface area contributed by atoms with Crippen LogP contribution in [0.4, 0.5) is 11.5 Å². The van der Waals surface area contributed by atoms with Crippen molar-refractivity contribution in [3.05, 3.63) is 27.9 Å². The Morgan fingerprint density at radius 2 is 2.21 bits per heavy atom. The lowest BCUT2D eigenvalue weighted by Gasteiger charge is -2.16. The number of pyridine rings is 1. The summed E-state index contributed by atoms with van der Waals surface area (Å²) in [6, 6.07) is 1.56. The first-order chi connectivity index (χ1) is 9.08. The summed E-state index contributed by atoms with van der Waals surface area (Å²) in [5.41, 5.74) is 0.862. The van der Waals surface area contributed by atoms with Crippen molar-refractivity contribution < 1.29 is 4.92 Å². The average Bonchev–Trinajstić information content (AvgIpc) is 2.40. The lowest BCUT2D eigenvalue weighted by molar-refractivity contribution is -0.385. The number of nitrogens with one attached hydrogen (secondary N) is 1. The van der Waals surface area contributed by atoms with Crippen LogP contribution >= 0.6 is 0 Å². The standard InChI is InChI=1S/C14H23N3O2/c1-4-6-7-12(5-2)9-15-14-11(3)8-13(10-16-14)17(18)19/h8,10,12H,4-7,9H2,1-3H3,(H,15,16). The lowest BCUT2D eigenvalue weighted by Crippen LogP contribution is -2.15. The van der Waals surface area contributed by atoms with Gasteiger partial charge in [0.2, 0.25) is 0 Å². The van der Waals surface area contributed by atoms with Gasteiger partial charge in [0.15, 0.2) is 0 Å². The van der Waals surface area contributed by atoms with E-state index in [4.69, 9.17) is 0 Å². The van der Waals surface area contributed by atoms with Gasteiger partial charge in [-0.05, 0) is 24.8 Å². The molecule has 0 fully saturated rings. The number of anilines is 1. The molecule has 0 aliphatic heterocycles. The van der Waals surface area contributed by atoms with Gasteiger partial charge in [0, 0.05) is 12.6 Å². The highest BCUT2D eigenvalue weighted by molar-refractivity contribution is 5.48. The van der Waals surface area contributed by atoms with Crippen molar-refractivity contribution in [3.8, 4) is 0 Å². The highest BCUT2D eigenvalue weighted by Crippen LogP contribution is 2.19. The van der Waals surface area contributed by atoms with E-state index in [9.17, 15) is 10.1 Å². The summed E-state index contributed by atoms with van der Waals surface area (Å²) >= 11 is 0. The molecule has 0 spiro atoms. The first kappa shape index (κ1) is 15.4. The molecule has 1 rings (SSSR count). The molecule has 5 heteroatoms. The summed E-state index contributed by atoms with van der Waals surface area (Å²) in [4.78, 5) is 14.4. The number of hydrogen-bond acceptors (Lipinski definition) is 4. The highest BCUT2D eigenvalue weighted by Gasteiger charge is 2.11. The van der Waals surface area contributed by atoms with Gasteiger partial charge in [-0.3, -0.25) is 10.1 Å². The van der Waals surface area contributed by atoms with Crippen molar-refractivity contribution in [2.75, 3.05) is 11.9 Å². The zero-order chi connectivity index (χ0) is 14.3. The van der Waals surface area contributed by atoms with E-state index in [0.29, 0.717) is 5.92 Å². The van der Waals surface area contributed by atoms with Crippen LogP contribution < -0.4 is 5.32 Å². The maximum absolute atomic E-state index is 10.6. The molecule has 0 aliphatic rings. The largest absolute Gasteiger partial charge is 0.370 e. The summed E-state index contributed by atoms with van der Waals surface area (Å²) in [5, 5.41) is 13.9. The zero-order valence-electron chi connectivity index (χ0n) is 12.0. The molecule has 1 N–H and O–H groups in total. The molecule has 0 bridgehead atoms. The summed E-state index contributed by atoms with van der Waals surface area (Å²) < 4.78 is 0. The second-order valence-corrected chi connectivity index (χ2v) is 4.91. The van der Waals surface area contributed by atoms with Crippen LogP contribution in [0.2, 0.25) is 0 Å². The van der Waals surface area contributed by atoms with E-state index >= 15 is 0 Å². The molecular weight excluding hydrogens is 242 g/mol. The fraction of sp³-hybridized carbons (Fsp3) is 0.643. The Morgan fingerprint density at radius 3 is 2.74 bits per heavy atom. The Bertz CT molecular complexity index is 421. The van der Waals surface area contributed by atoms with Crippen LogP contribution in [-0.4, -0.2) is 16.5 Å². The molecular formula is C14H23N3O2. The third kappa shape index (κ3) is 4.85. The van der Waals surface area contributed by atoms with E-state index in [1.54, 1.807) is 6.07 Å². The minimum Gasteiger partial charge on any atom is -0.370 e. The van der Waals surface area contributed by atoms with E-state index in [2.05, 4.69) is 24.1 Å². The highest BCUT2D eigenvalue weighted by atomic mass is 16.6. The summed E-state index contributed by atoms with van der Waals surface area (Å²) in [7, 11) is 0. The van der Waals surface area contributed by atoms with Gasteiger partial charge >= 0.3 is 0 Å². The maximum Gasteiger partial charge on any atom is 0.287 e. The van der Waals surface area contributed by atoms with E-state index in [-0.39, 0.29) is 5.69 Å². The van der Waals surface area contributed by atoms with Crippen molar-refractivity contribution >= 4 is 11.5 Å². The molecule has 0 amide bonds. The quantitative estimate of drug-likeness (QED) is 0.571. The molecule has 0 radical (unpaired) electrons. The molecule has 1 unspecified atom stereocenters. The summed E-state index contributed by atoms with van der Waals surface area (Å²) in [5.74, 6) is 1.39. The van der Waals surface area contributed by atoms with Crippen molar-refractivity contribution in [1.82, 2.24) is 4.98 Å². The molecule has 1 aromatic rings. The third-order valence-electron chi connectivity index (χ3n) is 3.38. The van der Waals surface area contributed by atoms with Gasteiger partial charge in [0.25, 0.3) is 5.69 Å². The molecule has 0 aliphatic carbocycles. The monoisotopic (exact) mass is 265 g/mol. The number of unbranched alkanes of at least 4 members (excludes halogenated alkanes) is 1. The third-order valence-corrected chi connectivity index (χ3v) is 3.38. The van der Waals surface area contributed by atoms with Crippen molar-refractivity contribution in [2.24, 2.45) is 5.92 Å². The van der Waals surface area contributed by atoms with Gasteiger partial charge in [-0.1, -0.05) is 33.1 Å². The van der Waals surface area contributed by atoms with Crippen molar-refractivity contribution in [2.45, 2.75) is 46.5 Å². The van der Waals surface area contributed by atoms with Gasteiger partial charge in [-0.25, -0.2) is 4.98 Å². The van der Waals surface area contributed by atoms with Crippen molar-refractivity contribution in [1.29, 1.82) is 0 Å². The lowest BCUT2D eigenvalue weighted by atomic mass is 9.99. The molecule has 5 nitrogen and oxygen atoms in total. The summed E-state index contributed by atoms with van der Waals surface area (Å²) in [6.45, 7) is 7.11. The van der Waals surface area contributed by atoms with Crippen molar-refractivity contribution in [3.63, 3.8) is 0 Å². The predicted octanol–water partition coefficient (Wildman–Crippen LogP) is 3.93. The topological polar surface area (TPSA) is 68.1 Å². The minimum atomic E-state index is -0.417. The molecule has 1 atom stereocenters. The van der Waals surface area contributed by atoms with E-state index in [1.165, 1.54) is 25.5 Å². The Labute approximate surface area is 114 Å². The second kappa shape index (κ2) is 7.71. The first-order valence-electron chi connectivity index (χ1n) is 6.93. The maximum atomic E-state index is 10.6. The van der Waals surface area contributed by atoms with Gasteiger partial charge in [0.1, 0.15) is 12.0 Å². The normalized spacial score (nSPS) is 12.2. The van der Waals surface area contributed by atoms with Crippen LogP contribution in [0.25, 0.3) is 0 Å². The number of rotatable bonds is 8. The molecule has 0 saturated carbocycles. The zero-order valence-corrected chi connectivity index (χ0v) is 12.0. The molecule has 1 aromatic heterocycles. The predicted molar refractivity (Wildman–Crippen MR) is 77.4 cm³/mol. The molecule has 0 aromatic carbocycles. The average molecular weight is 265 g/mol. The van der Waals surface area contributed by atoms with Crippen LogP contribution in [0.3, 0.4) is 0 Å². The molecule has 1 heterocycles. The number of aryl methyl sites for hydroxylation is 1. The fourth-order valence-corrected chi connectivity index (χ4v) is 2.03. The van der Waals surface area contributed by atoms with Crippen LogP contribution in [0.5, 0.6) is 0 Å². The summed E-state index contributed by atoms with van der Waals surface area (Å²) in [6.07, 6.45) is 6.12. The Hall–Kier alpha value is -1.65. The van der Waals surface area contributed by atoms with Gasteiger partial charge < -0.3 is 5.32 Å². The fourth-order valence-electron chi connectivity index (χ4n) is 2.03. The Kier molecular flexibility index (Phi) is 6.25. The number of nitrogens with zero attached hydrogens (tertiary/aromatic N) is 2. The number of hydrogen-bond donors (Lipinski definition) is 1. The second-order valence-electron chi connectivity index (χ2n) is 4.91. The minimum absolute atomic E-state index is 0.0427. The SMILES string of the molecule is CCCCC(CC)CNc1ncc([N+](=O)[O-])cc1C. The first-order valence-corrected chi connectivity index (χ1v) is 6.93. The molecule has 106 valence electrons. The smallest absolute Gasteiger partial charge is 0.287 e. The molecule has 0 saturated heterocycles. The number of nitro groups is 1. The Balaban J connectivity index is 2.59. The Morgan fingerprint density at radius 1 is 1.47 bits per heavy atom. The van der Waals surface area contributed by atoms with Crippen LogP contribution in [0.1, 0.15) is 45.1 Å². The van der Waals surface area contributed by atoms with Gasteiger partial charge in [-0.2, -0.15) is 0 Å². The van der Waals surface area contributed by atoms with E-state index < -0.39 is 4.92 Å².